The van der Waals surface area contributed by atoms with Crippen molar-refractivity contribution in [2.75, 3.05) is 13.6 Å². The van der Waals surface area contributed by atoms with E-state index in [-0.39, 0.29) is 6.54 Å². The SMILES string of the molecule is CN1C(=O)C(=O)N(CC(=O)NCc2nc3ccccc3s2)C1=O. The van der Waals surface area contributed by atoms with Crippen molar-refractivity contribution in [1.29, 1.82) is 0 Å². The highest BCUT2D eigenvalue weighted by molar-refractivity contribution is 7.18. The molecule has 3 rings (SSSR count). The number of carbonyl (C=O) groups is 4. The van der Waals surface area contributed by atoms with Crippen LogP contribution in [0.5, 0.6) is 0 Å². The standard InChI is InChI=1S/C14H12N4O4S/c1-17-12(20)13(21)18(14(17)22)7-10(19)15-6-11-16-8-4-2-3-5-9(8)23-11/h2-5H,6-7H2,1H3,(H,15,19). The molecule has 8 nitrogen and oxygen atoms in total. The van der Waals surface area contributed by atoms with Crippen LogP contribution in [0.4, 0.5) is 4.79 Å². The molecule has 0 aliphatic carbocycles. The molecule has 0 spiro atoms. The second-order valence-electron chi connectivity index (χ2n) is 4.89. The summed E-state index contributed by atoms with van der Waals surface area (Å²) in [4.78, 5) is 52.2. The number of thiazole rings is 1. The van der Waals surface area contributed by atoms with Gasteiger partial charge in [-0.25, -0.2) is 14.7 Å². The van der Waals surface area contributed by atoms with Crippen molar-refractivity contribution in [3.8, 4) is 0 Å². The lowest BCUT2D eigenvalue weighted by atomic mass is 10.3. The van der Waals surface area contributed by atoms with E-state index in [2.05, 4.69) is 10.3 Å². The van der Waals surface area contributed by atoms with E-state index >= 15 is 0 Å². The van der Waals surface area contributed by atoms with Gasteiger partial charge in [-0.05, 0) is 12.1 Å². The first kappa shape index (κ1) is 15.1. The molecule has 1 aromatic heterocycles. The summed E-state index contributed by atoms with van der Waals surface area (Å²) >= 11 is 1.45. The predicted molar refractivity (Wildman–Crippen MR) is 81.3 cm³/mol. The molecule has 0 atom stereocenters. The fourth-order valence-corrected chi connectivity index (χ4v) is 3.03. The Bertz CT molecular complexity index is 798. The Balaban J connectivity index is 1.60. The number of hydrogen-bond donors (Lipinski definition) is 1. The molecule has 0 unspecified atom stereocenters. The second kappa shape index (κ2) is 5.76. The molecular formula is C14H12N4O4S. The van der Waals surface area contributed by atoms with Gasteiger partial charge in [-0.3, -0.25) is 19.3 Å². The summed E-state index contributed by atoms with van der Waals surface area (Å²) in [5.74, 6) is -2.46. The van der Waals surface area contributed by atoms with Gasteiger partial charge in [0.2, 0.25) is 5.91 Å². The maximum atomic E-state index is 11.9. The van der Waals surface area contributed by atoms with Gasteiger partial charge >= 0.3 is 17.8 Å². The van der Waals surface area contributed by atoms with E-state index in [0.717, 1.165) is 10.2 Å². The molecule has 9 heteroatoms. The predicted octanol–water partition coefficient (Wildman–Crippen LogP) is 0.333. The van der Waals surface area contributed by atoms with Crippen LogP contribution >= 0.6 is 11.3 Å². The molecule has 1 aliphatic heterocycles. The Morgan fingerprint density at radius 1 is 1.22 bits per heavy atom. The molecule has 5 amide bonds. The van der Waals surface area contributed by atoms with Gasteiger partial charge in [0.05, 0.1) is 16.8 Å². The van der Waals surface area contributed by atoms with Gasteiger partial charge in [0, 0.05) is 7.05 Å². The summed E-state index contributed by atoms with van der Waals surface area (Å²) < 4.78 is 1.01. The lowest BCUT2D eigenvalue weighted by Crippen LogP contribution is -2.40. The van der Waals surface area contributed by atoms with Crippen LogP contribution in [0, 0.1) is 0 Å². The van der Waals surface area contributed by atoms with Gasteiger partial charge in [-0.15, -0.1) is 11.3 Å². The van der Waals surface area contributed by atoms with Crippen LogP contribution in [-0.4, -0.2) is 52.1 Å². The third kappa shape index (κ3) is 2.78. The number of rotatable bonds is 4. The highest BCUT2D eigenvalue weighted by atomic mass is 32.1. The van der Waals surface area contributed by atoms with Gasteiger partial charge in [-0.1, -0.05) is 12.1 Å². The third-order valence-corrected chi connectivity index (χ3v) is 4.36. The van der Waals surface area contributed by atoms with Crippen molar-refractivity contribution in [3.05, 3.63) is 29.3 Å². The highest BCUT2D eigenvalue weighted by Crippen LogP contribution is 2.21. The van der Waals surface area contributed by atoms with E-state index in [0.29, 0.717) is 14.8 Å². The number of benzene rings is 1. The fraction of sp³-hybridized carbons (Fsp3) is 0.214. The monoisotopic (exact) mass is 332 g/mol. The van der Waals surface area contributed by atoms with E-state index in [4.69, 9.17) is 0 Å². The topological polar surface area (TPSA) is 99.7 Å². The molecule has 2 heterocycles. The Morgan fingerprint density at radius 3 is 2.61 bits per heavy atom. The third-order valence-electron chi connectivity index (χ3n) is 3.33. The Kier molecular flexibility index (Phi) is 3.78. The largest absolute Gasteiger partial charge is 0.348 e. The molecule has 118 valence electrons. The number of para-hydroxylation sites is 1. The molecule has 2 aromatic rings. The number of aromatic nitrogens is 1. The number of imide groups is 2. The van der Waals surface area contributed by atoms with E-state index in [1.54, 1.807) is 0 Å². The van der Waals surface area contributed by atoms with Gasteiger partial charge in [0.1, 0.15) is 11.6 Å². The Hall–Kier alpha value is -2.81. The van der Waals surface area contributed by atoms with Crippen LogP contribution in [0.1, 0.15) is 5.01 Å². The molecule has 0 saturated carbocycles. The molecule has 0 radical (unpaired) electrons. The second-order valence-corrected chi connectivity index (χ2v) is 6.01. The average molecular weight is 332 g/mol. The van der Waals surface area contributed by atoms with Gasteiger partial charge in [-0.2, -0.15) is 0 Å². The van der Waals surface area contributed by atoms with Crippen molar-refractivity contribution in [2.45, 2.75) is 6.54 Å². The lowest BCUT2D eigenvalue weighted by Gasteiger charge is -2.12. The summed E-state index contributed by atoms with van der Waals surface area (Å²) in [6.45, 7) is -0.295. The maximum Gasteiger partial charge on any atom is 0.334 e. The first-order valence-electron chi connectivity index (χ1n) is 6.72. The normalized spacial score (nSPS) is 14.9. The summed E-state index contributed by atoms with van der Waals surface area (Å²) in [6.07, 6.45) is 0. The van der Waals surface area contributed by atoms with E-state index in [9.17, 15) is 19.2 Å². The minimum absolute atomic E-state index is 0.193. The van der Waals surface area contributed by atoms with E-state index < -0.39 is 30.3 Å². The maximum absolute atomic E-state index is 11.9. The van der Waals surface area contributed by atoms with Crippen LogP contribution in [0.3, 0.4) is 0 Å². The first-order chi connectivity index (χ1) is 11.0. The van der Waals surface area contributed by atoms with Gasteiger partial charge in [0.25, 0.3) is 0 Å². The van der Waals surface area contributed by atoms with Crippen LogP contribution < -0.4 is 5.32 Å². The van der Waals surface area contributed by atoms with E-state index in [1.165, 1.54) is 18.4 Å². The lowest BCUT2D eigenvalue weighted by molar-refractivity contribution is -0.143. The van der Waals surface area contributed by atoms with Crippen molar-refractivity contribution < 1.29 is 19.2 Å². The molecule has 0 bridgehead atoms. The van der Waals surface area contributed by atoms with Gasteiger partial charge in [0.15, 0.2) is 0 Å². The quantitative estimate of drug-likeness (QED) is 0.642. The number of urea groups is 1. The average Bonchev–Trinajstić information content (AvgIpc) is 3.04. The smallest absolute Gasteiger partial charge is 0.334 e. The molecular weight excluding hydrogens is 320 g/mol. The molecule has 23 heavy (non-hydrogen) atoms. The highest BCUT2D eigenvalue weighted by Gasteiger charge is 2.42. The van der Waals surface area contributed by atoms with Crippen molar-refractivity contribution in [2.24, 2.45) is 0 Å². The number of fused-ring (bicyclic) bond motifs is 1. The van der Waals surface area contributed by atoms with Crippen molar-refractivity contribution in [1.82, 2.24) is 20.1 Å². The van der Waals surface area contributed by atoms with Crippen molar-refractivity contribution in [3.63, 3.8) is 0 Å². The molecule has 1 saturated heterocycles. The zero-order valence-electron chi connectivity index (χ0n) is 12.1. The molecule has 1 aliphatic rings. The number of nitrogens with zero attached hydrogens (tertiary/aromatic N) is 3. The Morgan fingerprint density at radius 2 is 1.96 bits per heavy atom. The van der Waals surface area contributed by atoms with E-state index in [1.807, 2.05) is 24.3 Å². The summed E-state index contributed by atoms with van der Waals surface area (Å²) in [5.41, 5.74) is 0.846. The minimum atomic E-state index is -0.993. The molecule has 1 fully saturated rings. The zero-order chi connectivity index (χ0) is 16.6. The van der Waals surface area contributed by atoms with Gasteiger partial charge < -0.3 is 5.32 Å². The van der Waals surface area contributed by atoms with Crippen molar-refractivity contribution >= 4 is 45.3 Å². The van der Waals surface area contributed by atoms with Crippen LogP contribution in [0.2, 0.25) is 0 Å². The number of likely N-dealkylation sites (N-methyl/N-ethyl adjacent to an activating group) is 1. The van der Waals surface area contributed by atoms with Crippen LogP contribution in [0.25, 0.3) is 10.2 Å². The number of hydrogen-bond acceptors (Lipinski definition) is 6. The zero-order valence-corrected chi connectivity index (χ0v) is 12.9. The summed E-state index contributed by atoms with van der Waals surface area (Å²) in [5, 5.41) is 3.31. The summed E-state index contributed by atoms with van der Waals surface area (Å²) in [7, 11) is 1.20. The number of amides is 5. The van der Waals surface area contributed by atoms with Crippen LogP contribution in [-0.2, 0) is 20.9 Å². The fourth-order valence-electron chi connectivity index (χ4n) is 2.12. The number of carbonyl (C=O) groups excluding carboxylic acids is 4. The number of nitrogens with one attached hydrogen (secondary N) is 1. The first-order valence-corrected chi connectivity index (χ1v) is 7.53. The van der Waals surface area contributed by atoms with Crippen LogP contribution in [0.15, 0.2) is 24.3 Å². The minimum Gasteiger partial charge on any atom is -0.348 e. The molecule has 1 aromatic carbocycles. The summed E-state index contributed by atoms with van der Waals surface area (Å²) in [6, 6.07) is 6.79. The Labute approximate surface area is 134 Å². The molecule has 1 N–H and O–H groups in total.